The van der Waals surface area contributed by atoms with Gasteiger partial charge in [-0.25, -0.2) is 9.97 Å². The maximum atomic E-state index is 12.1. The topological polar surface area (TPSA) is 54.9 Å². The Labute approximate surface area is 104 Å². The van der Waals surface area contributed by atoms with Gasteiger partial charge in [0.25, 0.3) is 0 Å². The fraction of sp³-hybridized carbons (Fsp3) is 0.545. The lowest BCUT2D eigenvalue weighted by molar-refractivity contribution is -0.141. The second-order valence-electron chi connectivity index (χ2n) is 3.43. The van der Waals surface area contributed by atoms with Gasteiger partial charge in [0, 0.05) is 5.92 Å². The van der Waals surface area contributed by atoms with E-state index in [-0.39, 0.29) is 17.6 Å². The number of hydrogen-bond donors (Lipinski definition) is 1. The van der Waals surface area contributed by atoms with Crippen LogP contribution in [0.15, 0.2) is 12.4 Å². The third-order valence-corrected chi connectivity index (χ3v) is 1.72. The molecule has 4 nitrogen and oxygen atoms in total. The Hall–Kier alpha value is -1.66. The van der Waals surface area contributed by atoms with Crippen molar-refractivity contribution in [2.45, 2.75) is 33.9 Å². The van der Waals surface area contributed by atoms with E-state index in [1.165, 1.54) is 0 Å². The second-order valence-corrected chi connectivity index (χ2v) is 3.43. The lowest BCUT2D eigenvalue weighted by Crippen LogP contribution is -2.19. The van der Waals surface area contributed by atoms with E-state index in [0.717, 1.165) is 6.20 Å². The first-order valence-corrected chi connectivity index (χ1v) is 5.51. The van der Waals surface area contributed by atoms with Gasteiger partial charge in [-0.15, -0.1) is 0 Å². The van der Waals surface area contributed by atoms with E-state index < -0.39 is 11.9 Å². The Morgan fingerprint density at radius 3 is 2.11 bits per heavy atom. The number of carbonyl (C=O) groups is 1. The van der Waals surface area contributed by atoms with E-state index in [4.69, 9.17) is 0 Å². The number of carbonyl (C=O) groups excluding carboxylic acids is 1. The van der Waals surface area contributed by atoms with E-state index in [1.807, 2.05) is 13.8 Å². The molecule has 1 amide bonds. The summed E-state index contributed by atoms with van der Waals surface area (Å²) in [5, 5.41) is 2.34. The number of halogens is 3. The third kappa shape index (κ3) is 5.11. The van der Waals surface area contributed by atoms with Crippen molar-refractivity contribution in [1.82, 2.24) is 9.97 Å². The number of anilines is 1. The molecule has 0 unspecified atom stereocenters. The van der Waals surface area contributed by atoms with Crippen molar-refractivity contribution in [3.8, 4) is 0 Å². The molecule has 102 valence electrons. The average Bonchev–Trinajstić information content (AvgIpc) is 2.31. The molecule has 0 bridgehead atoms. The molecule has 1 aromatic heterocycles. The normalized spacial score (nSPS) is 10.7. The maximum absolute atomic E-state index is 12.1. The minimum absolute atomic E-state index is 0.00620. The fourth-order valence-electron chi connectivity index (χ4n) is 0.810. The zero-order valence-electron chi connectivity index (χ0n) is 10.7. The van der Waals surface area contributed by atoms with Crippen LogP contribution in [0.5, 0.6) is 0 Å². The van der Waals surface area contributed by atoms with Crippen molar-refractivity contribution in [2.75, 3.05) is 5.32 Å². The van der Waals surface area contributed by atoms with Crippen LogP contribution in [-0.2, 0) is 11.0 Å². The number of aromatic nitrogens is 2. The van der Waals surface area contributed by atoms with E-state index in [2.05, 4.69) is 15.3 Å². The van der Waals surface area contributed by atoms with E-state index in [9.17, 15) is 18.0 Å². The molecule has 0 aromatic carbocycles. The fourth-order valence-corrected chi connectivity index (χ4v) is 0.810. The van der Waals surface area contributed by atoms with Crippen molar-refractivity contribution in [3.63, 3.8) is 0 Å². The van der Waals surface area contributed by atoms with Crippen LogP contribution >= 0.6 is 0 Å². The molecule has 1 heterocycles. The lowest BCUT2D eigenvalue weighted by Gasteiger charge is -2.08. The van der Waals surface area contributed by atoms with Crippen LogP contribution in [0.25, 0.3) is 0 Å². The van der Waals surface area contributed by atoms with Crippen molar-refractivity contribution < 1.29 is 18.0 Å². The van der Waals surface area contributed by atoms with Crippen LogP contribution in [0.4, 0.5) is 19.0 Å². The largest absolute Gasteiger partial charge is 0.434 e. The number of nitrogens with zero attached hydrogens (tertiary/aromatic N) is 2. The number of rotatable bonds is 2. The molecule has 0 aliphatic carbocycles. The summed E-state index contributed by atoms with van der Waals surface area (Å²) in [6.45, 7) is 7.32. The molecular formula is C11H16F3N3O. The number of alkyl halides is 3. The standard InChI is InChI=1S/C9H10F3N3O.C2H6/c1-5(2)8(16)15-7-4-13-6(3-14-7)9(10,11)12;1-2/h3-5H,1-2H3,(H,14,15,16);1-2H3. The molecule has 0 aliphatic heterocycles. The quantitative estimate of drug-likeness (QED) is 0.891. The first-order chi connectivity index (χ1) is 8.30. The summed E-state index contributed by atoms with van der Waals surface area (Å²) in [5.41, 5.74) is -1.09. The Bertz CT molecular complexity index is 374. The Morgan fingerprint density at radius 2 is 1.78 bits per heavy atom. The van der Waals surface area contributed by atoms with Crippen LogP contribution in [0, 0.1) is 5.92 Å². The van der Waals surface area contributed by atoms with Gasteiger partial charge >= 0.3 is 6.18 Å². The zero-order valence-corrected chi connectivity index (χ0v) is 10.7. The lowest BCUT2D eigenvalue weighted by atomic mass is 10.2. The summed E-state index contributed by atoms with van der Waals surface area (Å²) < 4.78 is 36.4. The Kier molecular flexibility index (Phi) is 6.29. The van der Waals surface area contributed by atoms with Gasteiger partial charge in [0.15, 0.2) is 11.5 Å². The molecule has 7 heteroatoms. The molecule has 0 fully saturated rings. The number of nitrogens with one attached hydrogen (secondary N) is 1. The molecule has 1 aromatic rings. The Morgan fingerprint density at radius 1 is 1.22 bits per heavy atom. The van der Waals surface area contributed by atoms with Crippen LogP contribution in [0.1, 0.15) is 33.4 Å². The molecule has 0 spiro atoms. The number of hydrogen-bond acceptors (Lipinski definition) is 3. The van der Waals surface area contributed by atoms with Gasteiger partial charge in [-0.05, 0) is 0 Å². The predicted molar refractivity (Wildman–Crippen MR) is 61.8 cm³/mol. The molecule has 1 N–H and O–H groups in total. The van der Waals surface area contributed by atoms with Gasteiger partial charge in [-0.3, -0.25) is 4.79 Å². The van der Waals surface area contributed by atoms with Crippen LogP contribution in [0.2, 0.25) is 0 Å². The SMILES string of the molecule is CC.CC(C)C(=O)Nc1cnc(C(F)(F)F)cn1. The summed E-state index contributed by atoms with van der Waals surface area (Å²) in [7, 11) is 0. The molecule has 0 aliphatic rings. The molecule has 1 rings (SSSR count). The second kappa shape index (κ2) is 6.93. The molecule has 0 saturated carbocycles. The van der Waals surface area contributed by atoms with Gasteiger partial charge in [0.05, 0.1) is 12.4 Å². The Balaban J connectivity index is 0.00000137. The first kappa shape index (κ1) is 16.3. The molecule has 0 saturated heterocycles. The van der Waals surface area contributed by atoms with Crippen LogP contribution in [-0.4, -0.2) is 15.9 Å². The number of amides is 1. The van der Waals surface area contributed by atoms with E-state index >= 15 is 0 Å². The molecule has 0 radical (unpaired) electrons. The molecular weight excluding hydrogens is 247 g/mol. The van der Waals surface area contributed by atoms with Crippen molar-refractivity contribution in [3.05, 3.63) is 18.1 Å². The average molecular weight is 263 g/mol. The minimum Gasteiger partial charge on any atom is -0.309 e. The van der Waals surface area contributed by atoms with Gasteiger partial charge < -0.3 is 5.32 Å². The van der Waals surface area contributed by atoms with Crippen molar-refractivity contribution in [2.24, 2.45) is 5.92 Å². The first-order valence-electron chi connectivity index (χ1n) is 5.51. The highest BCUT2D eigenvalue weighted by Crippen LogP contribution is 2.26. The highest BCUT2D eigenvalue weighted by atomic mass is 19.4. The van der Waals surface area contributed by atoms with Gasteiger partial charge in [0.2, 0.25) is 5.91 Å². The molecule has 0 atom stereocenters. The van der Waals surface area contributed by atoms with Crippen molar-refractivity contribution in [1.29, 1.82) is 0 Å². The van der Waals surface area contributed by atoms with Crippen LogP contribution in [0.3, 0.4) is 0 Å². The highest BCUT2D eigenvalue weighted by molar-refractivity contribution is 5.90. The maximum Gasteiger partial charge on any atom is 0.434 e. The van der Waals surface area contributed by atoms with Crippen molar-refractivity contribution >= 4 is 11.7 Å². The van der Waals surface area contributed by atoms with E-state index in [0.29, 0.717) is 6.20 Å². The predicted octanol–water partition coefficient (Wildman–Crippen LogP) is 3.12. The van der Waals surface area contributed by atoms with E-state index in [1.54, 1.807) is 13.8 Å². The zero-order chi connectivity index (χ0) is 14.3. The van der Waals surface area contributed by atoms with Crippen LogP contribution < -0.4 is 5.32 Å². The monoisotopic (exact) mass is 263 g/mol. The minimum atomic E-state index is -4.52. The summed E-state index contributed by atoms with van der Waals surface area (Å²) >= 11 is 0. The summed E-state index contributed by atoms with van der Waals surface area (Å²) in [6, 6.07) is 0. The summed E-state index contributed by atoms with van der Waals surface area (Å²) in [6.07, 6.45) is -3.06. The summed E-state index contributed by atoms with van der Waals surface area (Å²) in [4.78, 5) is 17.8. The summed E-state index contributed by atoms with van der Waals surface area (Å²) in [5.74, 6) is -0.593. The third-order valence-electron chi connectivity index (χ3n) is 1.72. The van der Waals surface area contributed by atoms with Gasteiger partial charge in [-0.2, -0.15) is 13.2 Å². The smallest absolute Gasteiger partial charge is 0.309 e. The van der Waals surface area contributed by atoms with Gasteiger partial charge in [0.1, 0.15) is 0 Å². The van der Waals surface area contributed by atoms with Gasteiger partial charge in [-0.1, -0.05) is 27.7 Å². The molecule has 18 heavy (non-hydrogen) atoms. The highest BCUT2D eigenvalue weighted by Gasteiger charge is 2.32.